The molecule has 0 bridgehead atoms. The molecule has 0 radical (unpaired) electrons. The van der Waals surface area contributed by atoms with Crippen molar-refractivity contribution >= 4 is 25.7 Å². The Kier molecular flexibility index (Phi) is 49.5. The van der Waals surface area contributed by atoms with E-state index in [2.05, 4.69) is 45.1 Å². The van der Waals surface area contributed by atoms with Crippen molar-refractivity contribution in [2.24, 2.45) is 0 Å². The van der Waals surface area contributed by atoms with Crippen molar-refractivity contribution in [3.8, 4) is 0 Å². The molecule has 568 valence electrons. The van der Waals surface area contributed by atoms with Crippen molar-refractivity contribution in [2.75, 3.05) is 26.4 Å². The molecule has 0 aromatic heterocycles. The predicted octanol–water partition coefficient (Wildman–Crippen LogP) is 10.1. The number of aliphatic hydroxyl groups is 10. The molecule has 18 atom stereocenters. The molecule has 18 unspecified atom stereocenters. The first-order valence-corrected chi connectivity index (χ1v) is 39.1. The summed E-state index contributed by atoms with van der Waals surface area (Å²) in [7, 11) is -5.70. The third-order valence-corrected chi connectivity index (χ3v) is 19.4. The second-order valence-corrected chi connectivity index (χ2v) is 28.4. The highest BCUT2D eigenvalue weighted by molar-refractivity contribution is 7.47. The van der Waals surface area contributed by atoms with Gasteiger partial charge in [-0.15, -0.1) is 0 Å². The second-order valence-electron chi connectivity index (χ2n) is 27.0. The molecule has 2 heterocycles. The number of esters is 3. The van der Waals surface area contributed by atoms with Gasteiger partial charge in [0.25, 0.3) is 0 Å². The number of hydrogen-bond donors (Lipinski definition) is 11. The molecule has 24 nitrogen and oxygen atoms in total. The van der Waals surface area contributed by atoms with Crippen LogP contribution in [-0.4, -0.2) is 204 Å². The lowest BCUT2D eigenvalue weighted by Gasteiger charge is -2.49. The molecule has 2 saturated heterocycles. The Morgan fingerprint density at radius 2 is 0.722 bits per heavy atom. The first kappa shape index (κ1) is 88.7. The zero-order valence-corrected chi connectivity index (χ0v) is 60.0. The fourth-order valence-corrected chi connectivity index (χ4v) is 13.2. The number of phosphoric acid groups is 1. The topological polar surface area (TPSA) is 374 Å². The van der Waals surface area contributed by atoms with E-state index < -0.39 is 156 Å². The average molecular weight is 1410 g/mol. The van der Waals surface area contributed by atoms with Crippen molar-refractivity contribution in [3.63, 3.8) is 0 Å². The molecule has 0 spiro atoms. The van der Waals surface area contributed by atoms with E-state index in [9.17, 15) is 74.9 Å². The van der Waals surface area contributed by atoms with Crippen LogP contribution in [0.1, 0.15) is 284 Å². The monoisotopic (exact) mass is 1410 g/mol. The highest BCUT2D eigenvalue weighted by Crippen LogP contribution is 2.49. The highest BCUT2D eigenvalue weighted by Gasteiger charge is 2.58. The zero-order chi connectivity index (χ0) is 71.1. The number of aliphatic hydroxyl groups excluding tert-OH is 10. The zero-order valence-electron chi connectivity index (χ0n) is 59.1. The summed E-state index contributed by atoms with van der Waals surface area (Å²) in [4.78, 5) is 51.0. The maximum Gasteiger partial charge on any atom is 0.472 e. The number of phosphoric ester groups is 1. The molecule has 3 aliphatic rings. The molecule has 0 aromatic rings. The maximum absolute atomic E-state index is 14.3. The maximum atomic E-state index is 14.3. The Bertz CT molecular complexity index is 2110. The summed E-state index contributed by atoms with van der Waals surface area (Å²) in [5, 5.41) is 110. The Hall–Kier alpha value is -2.56. The van der Waals surface area contributed by atoms with E-state index in [0.717, 1.165) is 116 Å². The van der Waals surface area contributed by atoms with Crippen molar-refractivity contribution in [2.45, 2.75) is 388 Å². The SMILES string of the molecule is CCCCCC/C=C\CCCCCCCCCC(=O)OCC(COP(=O)(O)OC1C(OC2OC(CO)C(O)C(O)C2O)C(O)C(O)C(O)C1OC1OC(COC(=O)CCCCC/C=C\CCCCCCCCC)C(O)C(O)C1O)OC(=O)CCCCCCCCCCCCCCC. The smallest absolute Gasteiger partial charge is 0.463 e. The summed E-state index contributed by atoms with van der Waals surface area (Å²) in [6, 6.07) is 0. The van der Waals surface area contributed by atoms with Crippen LogP contribution in [-0.2, 0) is 61.2 Å². The largest absolute Gasteiger partial charge is 0.472 e. The first-order chi connectivity index (χ1) is 46.8. The van der Waals surface area contributed by atoms with Crippen LogP contribution in [0.25, 0.3) is 0 Å². The van der Waals surface area contributed by atoms with Crippen molar-refractivity contribution < 1.29 is 117 Å². The Balaban J connectivity index is 1.74. The Morgan fingerprint density at radius 3 is 1.13 bits per heavy atom. The first-order valence-electron chi connectivity index (χ1n) is 37.6. The van der Waals surface area contributed by atoms with Gasteiger partial charge in [-0.3, -0.25) is 23.4 Å². The van der Waals surface area contributed by atoms with Crippen LogP contribution in [0.4, 0.5) is 0 Å². The summed E-state index contributed by atoms with van der Waals surface area (Å²) in [6.45, 7) is 3.41. The molecule has 1 saturated carbocycles. The van der Waals surface area contributed by atoms with Gasteiger partial charge in [-0.05, 0) is 70.6 Å². The number of carbonyl (C=O) groups excluding carboxylic acids is 3. The third-order valence-electron chi connectivity index (χ3n) is 18.5. The van der Waals surface area contributed by atoms with Crippen LogP contribution in [0.3, 0.4) is 0 Å². The van der Waals surface area contributed by atoms with Gasteiger partial charge in [0, 0.05) is 19.3 Å². The predicted molar refractivity (Wildman–Crippen MR) is 365 cm³/mol. The van der Waals surface area contributed by atoms with E-state index in [1.807, 2.05) is 0 Å². The second kappa shape index (κ2) is 54.1. The van der Waals surface area contributed by atoms with Crippen molar-refractivity contribution in [1.82, 2.24) is 0 Å². The fraction of sp³-hybridized carbons (Fsp3) is 0.903. The summed E-state index contributed by atoms with van der Waals surface area (Å²) < 4.78 is 65.0. The molecule has 25 heteroatoms. The molecule has 1 aliphatic carbocycles. The minimum absolute atomic E-state index is 0.00840. The lowest BCUT2D eigenvalue weighted by Crippen LogP contribution is -2.69. The Morgan fingerprint density at radius 1 is 0.392 bits per heavy atom. The number of ether oxygens (including phenoxy) is 7. The van der Waals surface area contributed by atoms with Crippen LogP contribution in [0, 0.1) is 0 Å². The van der Waals surface area contributed by atoms with Crippen LogP contribution < -0.4 is 0 Å². The lowest BCUT2D eigenvalue weighted by atomic mass is 9.84. The number of carbonyl (C=O) groups is 3. The van der Waals surface area contributed by atoms with Crippen LogP contribution in [0.15, 0.2) is 24.3 Å². The van der Waals surface area contributed by atoms with Crippen molar-refractivity contribution in [1.29, 1.82) is 0 Å². The molecule has 3 fully saturated rings. The van der Waals surface area contributed by atoms with E-state index in [-0.39, 0.29) is 19.3 Å². The van der Waals surface area contributed by atoms with E-state index in [4.69, 9.17) is 42.2 Å². The van der Waals surface area contributed by atoms with E-state index in [0.29, 0.717) is 19.3 Å². The number of allylic oxidation sites excluding steroid dienone is 4. The summed E-state index contributed by atoms with van der Waals surface area (Å²) in [6.07, 6.45) is 13.9. The highest BCUT2D eigenvalue weighted by atomic mass is 31.2. The van der Waals surface area contributed by atoms with Gasteiger partial charge in [0.15, 0.2) is 18.7 Å². The van der Waals surface area contributed by atoms with Crippen LogP contribution >= 0.6 is 7.82 Å². The third kappa shape index (κ3) is 37.4. The molecule has 2 aliphatic heterocycles. The van der Waals surface area contributed by atoms with Gasteiger partial charge in [-0.25, -0.2) is 4.57 Å². The van der Waals surface area contributed by atoms with E-state index in [1.165, 1.54) is 109 Å². The van der Waals surface area contributed by atoms with Crippen LogP contribution in [0.2, 0.25) is 0 Å². The van der Waals surface area contributed by atoms with Gasteiger partial charge in [0.05, 0.1) is 13.2 Å². The molecule has 0 amide bonds. The molecule has 0 aromatic carbocycles. The fourth-order valence-electron chi connectivity index (χ4n) is 12.3. The Labute approximate surface area is 579 Å². The summed E-state index contributed by atoms with van der Waals surface area (Å²) in [5.41, 5.74) is 0. The van der Waals surface area contributed by atoms with Gasteiger partial charge in [0.1, 0.15) is 98.7 Å². The molecule has 97 heavy (non-hydrogen) atoms. The minimum Gasteiger partial charge on any atom is -0.463 e. The molecular formula is C72H131O24P. The molecule has 3 rings (SSSR count). The van der Waals surface area contributed by atoms with Gasteiger partial charge in [0.2, 0.25) is 0 Å². The van der Waals surface area contributed by atoms with Crippen LogP contribution in [0.5, 0.6) is 0 Å². The lowest BCUT2D eigenvalue weighted by molar-refractivity contribution is -0.360. The van der Waals surface area contributed by atoms with Gasteiger partial charge in [-0.1, -0.05) is 218 Å². The number of rotatable bonds is 58. The van der Waals surface area contributed by atoms with Crippen molar-refractivity contribution in [3.05, 3.63) is 24.3 Å². The summed E-state index contributed by atoms with van der Waals surface area (Å²) >= 11 is 0. The number of hydrogen-bond acceptors (Lipinski definition) is 23. The number of unbranched alkanes of at least 4 members (excludes halogenated alkanes) is 33. The van der Waals surface area contributed by atoms with Gasteiger partial charge < -0.3 is 89.1 Å². The summed E-state index contributed by atoms with van der Waals surface area (Å²) in [5.74, 6) is -2.01. The standard InChI is InChI=1S/C72H131O24P/c1-4-7-10-13-16-19-22-25-27-30-32-34-37-40-43-46-56(74)88-50-53(91-58(76)48-45-42-39-36-33-28-24-21-18-15-12-9-6-3)51-90-97(86,87)96-70-68(94-71-66(84)61(79)59(77)54(49-73)92-71)64(82)63(81)65(83)69(70)95-72-67(85)62(80)60(78)55(93-72)52-89-57(75)47-44-41-38-35-31-29-26-23-20-17-14-11-8-5-2/h19,22,29,31,53-55,59-73,77-85H,4-18,20-21,23-28,30,32-52H2,1-3H3,(H,86,87)/b22-19-,31-29-. The van der Waals surface area contributed by atoms with E-state index in [1.54, 1.807) is 0 Å². The quantitative estimate of drug-likeness (QED) is 0.00886. The average Bonchev–Trinajstić information content (AvgIpc) is 0.763. The minimum atomic E-state index is -5.70. The normalized spacial score (nSPS) is 27.9. The van der Waals surface area contributed by atoms with E-state index >= 15 is 0 Å². The molecule has 11 N–H and O–H groups in total. The molecular weight excluding hydrogens is 1280 g/mol. The van der Waals surface area contributed by atoms with Gasteiger partial charge >= 0.3 is 25.7 Å². The van der Waals surface area contributed by atoms with Gasteiger partial charge in [-0.2, -0.15) is 0 Å².